The maximum absolute atomic E-state index is 11.7. The molecule has 1 aromatic rings. The number of hydrogen-bond donors (Lipinski definition) is 1. The topological polar surface area (TPSA) is 37.3 Å². The van der Waals surface area contributed by atoms with Crippen LogP contribution in [0.15, 0.2) is 47.6 Å². The number of rotatable bonds is 6. The van der Waals surface area contributed by atoms with Gasteiger partial charge in [0.05, 0.1) is 0 Å². The van der Waals surface area contributed by atoms with Gasteiger partial charge in [-0.25, -0.2) is 0 Å². The first-order chi connectivity index (χ1) is 10.1. The maximum Gasteiger partial charge on any atom is 0.159 e. The third-order valence-corrected chi connectivity index (χ3v) is 4.24. The zero-order valence-corrected chi connectivity index (χ0v) is 12.9. The molecule has 2 rings (SSSR count). The van der Waals surface area contributed by atoms with Crippen LogP contribution in [0.5, 0.6) is 5.75 Å². The number of carbonyl (C=O) groups is 1. The Bertz CT molecular complexity index is 567. The van der Waals surface area contributed by atoms with E-state index in [0.717, 1.165) is 36.8 Å². The van der Waals surface area contributed by atoms with E-state index in [2.05, 4.69) is 26.0 Å². The van der Waals surface area contributed by atoms with Crippen molar-refractivity contribution >= 4 is 5.78 Å². The highest BCUT2D eigenvalue weighted by atomic mass is 16.3. The smallest absolute Gasteiger partial charge is 0.159 e. The second kappa shape index (κ2) is 7.26. The van der Waals surface area contributed by atoms with Gasteiger partial charge in [0.1, 0.15) is 5.75 Å². The zero-order valence-electron chi connectivity index (χ0n) is 12.9. The van der Waals surface area contributed by atoms with E-state index in [1.165, 1.54) is 5.57 Å². The van der Waals surface area contributed by atoms with E-state index in [-0.39, 0.29) is 0 Å². The second-order valence-electron chi connectivity index (χ2n) is 5.92. The van der Waals surface area contributed by atoms with Crippen LogP contribution in [0.4, 0.5) is 0 Å². The molecule has 0 aliphatic heterocycles. The zero-order chi connectivity index (χ0) is 15.2. The number of benzene rings is 1. The quantitative estimate of drug-likeness (QED) is 0.754. The Morgan fingerprint density at radius 3 is 2.76 bits per heavy atom. The number of phenols is 1. The maximum atomic E-state index is 11.7. The van der Waals surface area contributed by atoms with E-state index >= 15 is 0 Å². The molecule has 21 heavy (non-hydrogen) atoms. The standard InChI is InChI=1S/C19H24O2/c1-14(16-8-6-9-17(20)13-16)7-4-3-5-10-18-15(2)11-12-19(18)21/h3-4,6,8-9,13-14,20H,5,7,10-12H2,1-2H3. The van der Waals surface area contributed by atoms with Crippen molar-refractivity contribution < 1.29 is 9.90 Å². The minimum absolute atomic E-state index is 0.325. The van der Waals surface area contributed by atoms with Gasteiger partial charge in [-0.2, -0.15) is 0 Å². The highest BCUT2D eigenvalue weighted by molar-refractivity contribution is 5.98. The number of carbonyl (C=O) groups excluding carboxylic acids is 1. The molecular weight excluding hydrogens is 260 g/mol. The first-order valence-electron chi connectivity index (χ1n) is 7.73. The van der Waals surface area contributed by atoms with Crippen molar-refractivity contribution in [2.75, 3.05) is 0 Å². The lowest BCUT2D eigenvalue weighted by atomic mass is 9.97. The molecule has 1 atom stereocenters. The van der Waals surface area contributed by atoms with Crippen LogP contribution in [0, 0.1) is 0 Å². The number of phenolic OH excluding ortho intramolecular Hbond substituents is 1. The number of Topliss-reactive ketones (excluding diaryl/α,β-unsaturated/α-hetero) is 1. The van der Waals surface area contributed by atoms with Gasteiger partial charge in [-0.15, -0.1) is 0 Å². The monoisotopic (exact) mass is 284 g/mol. The van der Waals surface area contributed by atoms with Crippen LogP contribution in [0.1, 0.15) is 57.4 Å². The molecule has 0 bridgehead atoms. The van der Waals surface area contributed by atoms with Crippen LogP contribution in [-0.2, 0) is 4.79 Å². The number of hydrogen-bond acceptors (Lipinski definition) is 2. The first-order valence-corrected chi connectivity index (χ1v) is 7.73. The van der Waals surface area contributed by atoms with Crippen LogP contribution in [0.2, 0.25) is 0 Å². The van der Waals surface area contributed by atoms with Crippen LogP contribution < -0.4 is 0 Å². The average Bonchev–Trinajstić information content (AvgIpc) is 2.78. The van der Waals surface area contributed by atoms with Gasteiger partial charge in [0.2, 0.25) is 0 Å². The van der Waals surface area contributed by atoms with Crippen molar-refractivity contribution in [3.63, 3.8) is 0 Å². The summed E-state index contributed by atoms with van der Waals surface area (Å²) in [6, 6.07) is 7.44. The lowest BCUT2D eigenvalue weighted by Crippen LogP contribution is -1.95. The Hall–Kier alpha value is -1.83. The highest BCUT2D eigenvalue weighted by Gasteiger charge is 2.18. The SMILES string of the molecule is CC1=C(CCC=CCC(C)c2cccc(O)c2)C(=O)CC1. The molecule has 0 fully saturated rings. The molecule has 0 amide bonds. The van der Waals surface area contributed by atoms with Crippen LogP contribution in [0.3, 0.4) is 0 Å². The third kappa shape index (κ3) is 4.32. The van der Waals surface area contributed by atoms with Gasteiger partial charge in [-0.3, -0.25) is 4.79 Å². The van der Waals surface area contributed by atoms with Gasteiger partial charge in [0.15, 0.2) is 5.78 Å². The summed E-state index contributed by atoms with van der Waals surface area (Å²) >= 11 is 0. The van der Waals surface area contributed by atoms with Crippen molar-refractivity contribution in [2.45, 2.75) is 51.9 Å². The predicted molar refractivity (Wildman–Crippen MR) is 86.5 cm³/mol. The van der Waals surface area contributed by atoms with Crippen LogP contribution in [0.25, 0.3) is 0 Å². The fourth-order valence-corrected chi connectivity index (χ4v) is 2.81. The Labute approximate surface area is 127 Å². The molecule has 1 aliphatic rings. The molecule has 0 saturated carbocycles. The van der Waals surface area contributed by atoms with E-state index in [1.807, 2.05) is 18.2 Å². The normalized spacial score (nSPS) is 17.0. The van der Waals surface area contributed by atoms with E-state index in [1.54, 1.807) is 6.07 Å². The molecule has 0 radical (unpaired) electrons. The Morgan fingerprint density at radius 2 is 2.10 bits per heavy atom. The lowest BCUT2D eigenvalue weighted by Gasteiger charge is -2.09. The van der Waals surface area contributed by atoms with E-state index in [9.17, 15) is 9.90 Å². The molecule has 1 aromatic carbocycles. The first kappa shape index (κ1) is 15.6. The minimum Gasteiger partial charge on any atom is -0.508 e. The van der Waals surface area contributed by atoms with Crippen LogP contribution in [-0.4, -0.2) is 10.9 Å². The molecule has 0 heterocycles. The molecular formula is C19H24O2. The van der Waals surface area contributed by atoms with Crippen molar-refractivity contribution in [2.24, 2.45) is 0 Å². The summed E-state index contributed by atoms with van der Waals surface area (Å²) in [4.78, 5) is 11.7. The fraction of sp³-hybridized carbons (Fsp3) is 0.421. The Kier molecular flexibility index (Phi) is 5.38. The molecule has 0 saturated heterocycles. The third-order valence-electron chi connectivity index (χ3n) is 4.24. The van der Waals surface area contributed by atoms with E-state index in [0.29, 0.717) is 23.9 Å². The van der Waals surface area contributed by atoms with Gasteiger partial charge in [0.25, 0.3) is 0 Å². The molecule has 1 unspecified atom stereocenters. The Balaban J connectivity index is 1.78. The summed E-state index contributed by atoms with van der Waals surface area (Å²) in [7, 11) is 0. The van der Waals surface area contributed by atoms with Gasteiger partial charge < -0.3 is 5.11 Å². The van der Waals surface area contributed by atoms with E-state index < -0.39 is 0 Å². The van der Waals surface area contributed by atoms with Crippen LogP contribution >= 0.6 is 0 Å². The summed E-state index contributed by atoms with van der Waals surface area (Å²) in [5.41, 5.74) is 3.49. The summed E-state index contributed by atoms with van der Waals surface area (Å²) < 4.78 is 0. The average molecular weight is 284 g/mol. The largest absolute Gasteiger partial charge is 0.508 e. The van der Waals surface area contributed by atoms with Gasteiger partial charge in [0, 0.05) is 6.42 Å². The second-order valence-corrected chi connectivity index (χ2v) is 5.92. The molecule has 112 valence electrons. The number of ketones is 1. The van der Waals surface area contributed by atoms with Crippen molar-refractivity contribution in [1.82, 2.24) is 0 Å². The van der Waals surface area contributed by atoms with Crippen molar-refractivity contribution in [3.8, 4) is 5.75 Å². The summed E-state index contributed by atoms with van der Waals surface area (Å²) in [6.45, 7) is 4.24. The van der Waals surface area contributed by atoms with Gasteiger partial charge in [-0.05, 0) is 61.8 Å². The summed E-state index contributed by atoms with van der Waals surface area (Å²) in [5.74, 6) is 1.06. The van der Waals surface area contributed by atoms with Crippen molar-refractivity contribution in [1.29, 1.82) is 0 Å². The minimum atomic E-state index is 0.325. The predicted octanol–water partition coefficient (Wildman–Crippen LogP) is 4.90. The molecule has 0 spiro atoms. The molecule has 0 aromatic heterocycles. The Morgan fingerprint density at radius 1 is 1.29 bits per heavy atom. The number of aromatic hydroxyl groups is 1. The van der Waals surface area contributed by atoms with E-state index in [4.69, 9.17) is 0 Å². The highest BCUT2D eigenvalue weighted by Crippen LogP contribution is 2.26. The lowest BCUT2D eigenvalue weighted by molar-refractivity contribution is -0.115. The van der Waals surface area contributed by atoms with Crippen molar-refractivity contribution in [3.05, 3.63) is 53.1 Å². The number of allylic oxidation sites excluding steroid dienone is 4. The molecule has 2 heteroatoms. The fourth-order valence-electron chi connectivity index (χ4n) is 2.81. The molecule has 1 N–H and O–H groups in total. The summed E-state index contributed by atoms with van der Waals surface area (Å²) in [6.07, 6.45) is 8.78. The summed E-state index contributed by atoms with van der Waals surface area (Å²) in [5, 5.41) is 9.49. The van der Waals surface area contributed by atoms with Gasteiger partial charge in [-0.1, -0.05) is 36.8 Å². The molecule has 2 nitrogen and oxygen atoms in total. The molecule has 1 aliphatic carbocycles. The van der Waals surface area contributed by atoms with Gasteiger partial charge >= 0.3 is 0 Å².